The van der Waals surface area contributed by atoms with Gasteiger partial charge in [-0.15, -0.1) is 5.10 Å². The van der Waals surface area contributed by atoms with Crippen LogP contribution in [0.5, 0.6) is 0 Å². The second-order valence-corrected chi connectivity index (χ2v) is 8.49. The number of para-hydroxylation sites is 3. The molecule has 0 radical (unpaired) electrons. The van der Waals surface area contributed by atoms with E-state index in [1.54, 1.807) is 28.9 Å². The Hall–Kier alpha value is -3.98. The number of sulfonamides is 1. The van der Waals surface area contributed by atoms with Crippen LogP contribution in [0.15, 0.2) is 84.9 Å². The molecule has 4 aromatic rings. The van der Waals surface area contributed by atoms with Gasteiger partial charge >= 0.3 is 0 Å². The molecule has 1 amide bonds. The van der Waals surface area contributed by atoms with Crippen molar-refractivity contribution < 1.29 is 13.2 Å². The summed E-state index contributed by atoms with van der Waals surface area (Å²) in [5.74, 6) is -0.0917. The number of hydrogen-bond donors (Lipinski definition) is 2. The van der Waals surface area contributed by atoms with Crippen molar-refractivity contribution in [1.82, 2.24) is 14.8 Å². The second-order valence-electron chi connectivity index (χ2n) is 6.75. The maximum Gasteiger partial charge on any atom is 0.295 e. The van der Waals surface area contributed by atoms with Gasteiger partial charge in [-0.1, -0.05) is 60.7 Å². The fourth-order valence-electron chi connectivity index (χ4n) is 2.99. The summed E-state index contributed by atoms with van der Waals surface area (Å²) in [4.78, 5) is 17.4. The van der Waals surface area contributed by atoms with Gasteiger partial charge in [-0.25, -0.2) is 18.1 Å². The summed E-state index contributed by atoms with van der Waals surface area (Å²) >= 11 is 0. The maximum atomic E-state index is 12.9. The van der Waals surface area contributed by atoms with Crippen molar-refractivity contribution in [3.05, 3.63) is 90.8 Å². The van der Waals surface area contributed by atoms with E-state index < -0.39 is 15.9 Å². The van der Waals surface area contributed by atoms with Crippen LogP contribution in [0, 0.1) is 0 Å². The Bertz CT molecular complexity index is 1260. The van der Waals surface area contributed by atoms with Crippen molar-refractivity contribution in [1.29, 1.82) is 0 Å². The monoisotopic (exact) mass is 433 g/mol. The van der Waals surface area contributed by atoms with E-state index in [1.165, 1.54) is 0 Å². The molecule has 1 heterocycles. The lowest BCUT2D eigenvalue weighted by atomic mass is 10.2. The number of carbonyl (C=O) groups is 1. The first kappa shape index (κ1) is 20.3. The number of hydrogen-bond acceptors (Lipinski definition) is 5. The van der Waals surface area contributed by atoms with Gasteiger partial charge in [0.05, 0.1) is 23.3 Å². The third kappa shape index (κ3) is 4.78. The number of amides is 1. The highest BCUT2D eigenvalue weighted by atomic mass is 32.2. The molecule has 0 unspecified atom stereocenters. The lowest BCUT2D eigenvalue weighted by Gasteiger charge is -2.10. The zero-order chi connectivity index (χ0) is 21.8. The Morgan fingerprint density at radius 3 is 2.06 bits per heavy atom. The molecule has 9 heteroatoms. The van der Waals surface area contributed by atoms with Crippen molar-refractivity contribution in [3.63, 3.8) is 0 Å². The van der Waals surface area contributed by atoms with Crippen LogP contribution in [0.4, 0.5) is 11.4 Å². The first-order valence-corrected chi connectivity index (χ1v) is 11.3. The van der Waals surface area contributed by atoms with Crippen LogP contribution in [0.25, 0.3) is 17.1 Å². The number of benzene rings is 3. The third-order valence-corrected chi connectivity index (χ3v) is 4.90. The van der Waals surface area contributed by atoms with Crippen molar-refractivity contribution >= 4 is 27.3 Å². The maximum absolute atomic E-state index is 12.9. The highest BCUT2D eigenvalue weighted by molar-refractivity contribution is 7.92. The molecule has 2 N–H and O–H groups in total. The summed E-state index contributed by atoms with van der Waals surface area (Å²) in [7, 11) is -3.51. The van der Waals surface area contributed by atoms with E-state index in [4.69, 9.17) is 0 Å². The van der Waals surface area contributed by atoms with E-state index in [0.717, 1.165) is 17.5 Å². The molecule has 0 atom stereocenters. The molecule has 0 bridgehead atoms. The van der Waals surface area contributed by atoms with E-state index in [0.29, 0.717) is 11.5 Å². The average molecular weight is 433 g/mol. The molecule has 0 saturated carbocycles. The fraction of sp³-hybridized carbons (Fsp3) is 0.0455. The minimum atomic E-state index is -3.51. The molecule has 156 valence electrons. The summed E-state index contributed by atoms with van der Waals surface area (Å²) in [6.45, 7) is 0. The first-order valence-electron chi connectivity index (χ1n) is 9.37. The van der Waals surface area contributed by atoms with Crippen molar-refractivity contribution in [2.45, 2.75) is 0 Å². The predicted octanol–water partition coefficient (Wildman–Crippen LogP) is 3.56. The Labute approximate surface area is 179 Å². The van der Waals surface area contributed by atoms with Crippen LogP contribution in [0.1, 0.15) is 10.6 Å². The van der Waals surface area contributed by atoms with Gasteiger partial charge in [0.15, 0.2) is 5.82 Å². The topological polar surface area (TPSA) is 106 Å². The smallest absolute Gasteiger partial charge is 0.295 e. The number of carbonyl (C=O) groups excluding carboxylic acids is 1. The molecule has 0 aliphatic carbocycles. The normalized spacial score (nSPS) is 11.1. The first-order chi connectivity index (χ1) is 14.9. The highest BCUT2D eigenvalue weighted by Crippen LogP contribution is 2.24. The van der Waals surface area contributed by atoms with Gasteiger partial charge in [0.2, 0.25) is 15.8 Å². The van der Waals surface area contributed by atoms with Gasteiger partial charge in [0.1, 0.15) is 0 Å². The minimum absolute atomic E-state index is 0.0446. The number of nitrogens with zero attached hydrogens (tertiary/aromatic N) is 3. The molecule has 0 spiro atoms. The summed E-state index contributed by atoms with van der Waals surface area (Å²) in [5.41, 5.74) is 2.11. The molecule has 0 aliphatic heterocycles. The quantitative estimate of drug-likeness (QED) is 0.484. The zero-order valence-electron chi connectivity index (χ0n) is 16.6. The molecule has 0 aliphatic rings. The summed E-state index contributed by atoms with van der Waals surface area (Å²) in [6.07, 6.45) is 1.04. The van der Waals surface area contributed by atoms with Gasteiger partial charge < -0.3 is 5.32 Å². The summed E-state index contributed by atoms with van der Waals surface area (Å²) in [6, 6.07) is 25.3. The van der Waals surface area contributed by atoms with Crippen LogP contribution in [-0.2, 0) is 10.0 Å². The Balaban J connectivity index is 1.71. The molecule has 0 fully saturated rings. The van der Waals surface area contributed by atoms with Crippen LogP contribution < -0.4 is 10.0 Å². The van der Waals surface area contributed by atoms with Crippen LogP contribution >= 0.6 is 0 Å². The minimum Gasteiger partial charge on any atom is -0.317 e. The predicted molar refractivity (Wildman–Crippen MR) is 120 cm³/mol. The van der Waals surface area contributed by atoms with Crippen LogP contribution in [-0.4, -0.2) is 35.3 Å². The second kappa shape index (κ2) is 8.41. The van der Waals surface area contributed by atoms with E-state index in [1.807, 2.05) is 60.7 Å². The molecule has 1 aromatic heterocycles. The van der Waals surface area contributed by atoms with E-state index in [-0.39, 0.29) is 11.5 Å². The summed E-state index contributed by atoms with van der Waals surface area (Å²) < 4.78 is 27.2. The third-order valence-electron chi connectivity index (χ3n) is 4.31. The molecular formula is C22H19N5O3S. The SMILES string of the molecule is CS(=O)(=O)Nc1ccccc1NC(=O)c1nc(-c2ccccc2)n(-c2ccccc2)n1. The zero-order valence-corrected chi connectivity index (χ0v) is 17.4. The van der Waals surface area contributed by atoms with Gasteiger partial charge in [0, 0.05) is 5.56 Å². The Kier molecular flexibility index (Phi) is 5.50. The van der Waals surface area contributed by atoms with Crippen LogP contribution in [0.2, 0.25) is 0 Å². The highest BCUT2D eigenvalue weighted by Gasteiger charge is 2.20. The Morgan fingerprint density at radius 1 is 0.839 bits per heavy atom. The van der Waals surface area contributed by atoms with Gasteiger partial charge in [-0.3, -0.25) is 9.52 Å². The molecule has 0 saturated heterocycles. The number of aromatic nitrogens is 3. The summed E-state index contributed by atoms with van der Waals surface area (Å²) in [5, 5.41) is 7.10. The van der Waals surface area contributed by atoms with Crippen molar-refractivity contribution in [2.24, 2.45) is 0 Å². The molecule has 31 heavy (non-hydrogen) atoms. The molecule has 4 rings (SSSR count). The van der Waals surface area contributed by atoms with Crippen molar-refractivity contribution in [2.75, 3.05) is 16.3 Å². The molecule has 8 nitrogen and oxygen atoms in total. The van der Waals surface area contributed by atoms with Crippen molar-refractivity contribution in [3.8, 4) is 17.1 Å². The lowest BCUT2D eigenvalue weighted by molar-refractivity contribution is 0.101. The van der Waals surface area contributed by atoms with Gasteiger partial charge in [-0.05, 0) is 24.3 Å². The molecular weight excluding hydrogens is 414 g/mol. The Morgan fingerprint density at radius 2 is 1.42 bits per heavy atom. The number of anilines is 2. The van der Waals surface area contributed by atoms with E-state index in [2.05, 4.69) is 20.1 Å². The van der Waals surface area contributed by atoms with Gasteiger partial charge in [0.25, 0.3) is 5.91 Å². The number of nitrogens with one attached hydrogen (secondary N) is 2. The number of rotatable bonds is 6. The fourth-order valence-corrected chi connectivity index (χ4v) is 3.57. The average Bonchev–Trinajstić information content (AvgIpc) is 3.21. The largest absolute Gasteiger partial charge is 0.317 e. The molecule has 3 aromatic carbocycles. The van der Waals surface area contributed by atoms with E-state index in [9.17, 15) is 13.2 Å². The van der Waals surface area contributed by atoms with E-state index >= 15 is 0 Å². The standard InChI is InChI=1S/C22H19N5O3S/c1-31(29,30)26-19-15-9-8-14-18(19)23-22(28)20-24-21(16-10-4-2-5-11-16)27(25-20)17-12-6-3-7-13-17/h2-15,26H,1H3,(H,23,28). The van der Waals surface area contributed by atoms with Crippen LogP contribution in [0.3, 0.4) is 0 Å². The van der Waals surface area contributed by atoms with Gasteiger partial charge in [-0.2, -0.15) is 0 Å². The lowest BCUT2D eigenvalue weighted by Crippen LogP contribution is -2.17.